The highest BCUT2D eigenvalue weighted by atomic mass is 35.5. The van der Waals surface area contributed by atoms with Crippen LogP contribution >= 0.6 is 22.9 Å². The van der Waals surface area contributed by atoms with Gasteiger partial charge in [-0.2, -0.15) is 13.8 Å². The molecule has 0 fully saturated rings. The molecule has 0 radical (unpaired) electrons. The molecule has 0 bridgehead atoms. The van der Waals surface area contributed by atoms with Gasteiger partial charge in [0.05, 0.1) is 5.56 Å². The maximum absolute atomic E-state index is 12.3. The van der Waals surface area contributed by atoms with Gasteiger partial charge in [-0.3, -0.25) is 0 Å². The number of alkyl halides is 3. The summed E-state index contributed by atoms with van der Waals surface area (Å²) in [4.78, 5) is 12.9. The topological polar surface area (TPSA) is 29.4 Å². The standard InChI is InChI=1S/C6H2ClF2NOS/c7-6(8,9)4-1-5(10-3-11)12-2-4/h1-2H. The van der Waals surface area contributed by atoms with E-state index in [0.29, 0.717) is 0 Å². The molecule has 1 heterocycles. The van der Waals surface area contributed by atoms with E-state index in [4.69, 9.17) is 11.6 Å². The van der Waals surface area contributed by atoms with Crippen molar-refractivity contribution in [3.05, 3.63) is 17.0 Å². The number of rotatable bonds is 2. The summed E-state index contributed by atoms with van der Waals surface area (Å²) < 4.78 is 24.7. The van der Waals surface area contributed by atoms with Gasteiger partial charge in [-0.25, -0.2) is 4.79 Å². The average molecular weight is 210 g/mol. The Labute approximate surface area is 75.5 Å². The summed E-state index contributed by atoms with van der Waals surface area (Å²) in [6, 6.07) is 1.04. The molecule has 1 rings (SSSR count). The summed E-state index contributed by atoms with van der Waals surface area (Å²) in [5.41, 5.74) is -0.358. The van der Waals surface area contributed by atoms with E-state index >= 15 is 0 Å². The van der Waals surface area contributed by atoms with Gasteiger partial charge >= 0.3 is 5.38 Å². The van der Waals surface area contributed by atoms with Crippen LogP contribution in [-0.4, -0.2) is 6.08 Å². The molecule has 6 heteroatoms. The SMILES string of the molecule is O=C=Nc1cc(C(F)(F)Cl)cs1. The van der Waals surface area contributed by atoms with Gasteiger partial charge < -0.3 is 0 Å². The molecule has 0 atom stereocenters. The lowest BCUT2D eigenvalue weighted by Gasteiger charge is -2.02. The monoisotopic (exact) mass is 209 g/mol. The summed E-state index contributed by atoms with van der Waals surface area (Å²) in [6.45, 7) is 0. The van der Waals surface area contributed by atoms with Gasteiger partial charge in [-0.05, 0) is 17.7 Å². The molecule has 0 saturated carbocycles. The van der Waals surface area contributed by atoms with Gasteiger partial charge in [-0.1, -0.05) is 0 Å². The van der Waals surface area contributed by atoms with Crippen LogP contribution in [0.4, 0.5) is 13.8 Å². The summed E-state index contributed by atoms with van der Waals surface area (Å²) >= 11 is 5.61. The highest BCUT2D eigenvalue weighted by Gasteiger charge is 2.28. The van der Waals surface area contributed by atoms with Gasteiger partial charge in [0.2, 0.25) is 6.08 Å². The summed E-state index contributed by atoms with van der Waals surface area (Å²) in [7, 11) is 0. The zero-order valence-electron chi connectivity index (χ0n) is 5.55. The molecule has 1 aromatic rings. The van der Waals surface area contributed by atoms with E-state index in [0.717, 1.165) is 22.8 Å². The predicted molar refractivity (Wildman–Crippen MR) is 41.8 cm³/mol. The largest absolute Gasteiger partial charge is 0.349 e. The summed E-state index contributed by atoms with van der Waals surface area (Å²) in [6.07, 6.45) is 1.25. The van der Waals surface area contributed by atoms with Crippen LogP contribution in [-0.2, 0) is 10.2 Å². The van der Waals surface area contributed by atoms with Gasteiger partial charge in [0.1, 0.15) is 5.00 Å². The van der Waals surface area contributed by atoms with Crippen molar-refractivity contribution in [3.8, 4) is 0 Å². The van der Waals surface area contributed by atoms with E-state index in [2.05, 4.69) is 4.99 Å². The Kier molecular flexibility index (Phi) is 2.57. The van der Waals surface area contributed by atoms with E-state index in [1.165, 1.54) is 6.08 Å². The van der Waals surface area contributed by atoms with Crippen LogP contribution in [0.2, 0.25) is 0 Å². The van der Waals surface area contributed by atoms with Gasteiger partial charge in [0.25, 0.3) is 0 Å². The van der Waals surface area contributed by atoms with E-state index in [9.17, 15) is 13.6 Å². The molecule has 0 aliphatic rings. The van der Waals surface area contributed by atoms with Crippen molar-refractivity contribution in [1.29, 1.82) is 0 Å². The highest BCUT2D eigenvalue weighted by molar-refractivity contribution is 7.14. The van der Waals surface area contributed by atoms with Crippen molar-refractivity contribution in [3.63, 3.8) is 0 Å². The predicted octanol–water partition coefficient (Wildman–Crippen LogP) is 3.00. The molecule has 12 heavy (non-hydrogen) atoms. The number of hydrogen-bond donors (Lipinski definition) is 0. The van der Waals surface area contributed by atoms with Crippen LogP contribution in [0.3, 0.4) is 0 Å². The van der Waals surface area contributed by atoms with Crippen molar-refractivity contribution < 1.29 is 13.6 Å². The Morgan fingerprint density at radius 2 is 2.33 bits per heavy atom. The molecular formula is C6H2ClF2NOS. The van der Waals surface area contributed by atoms with Gasteiger partial charge in [-0.15, -0.1) is 11.3 Å². The van der Waals surface area contributed by atoms with Crippen LogP contribution in [0.25, 0.3) is 0 Å². The Hall–Kier alpha value is -0.770. The first-order valence-corrected chi connectivity index (χ1v) is 4.03. The van der Waals surface area contributed by atoms with E-state index in [1.54, 1.807) is 0 Å². The fraction of sp³-hybridized carbons (Fsp3) is 0.167. The van der Waals surface area contributed by atoms with Crippen molar-refractivity contribution in [1.82, 2.24) is 0 Å². The van der Waals surface area contributed by atoms with Crippen LogP contribution < -0.4 is 0 Å². The molecule has 2 nitrogen and oxygen atoms in total. The fourth-order valence-corrected chi connectivity index (χ4v) is 1.50. The zero-order chi connectivity index (χ0) is 9.19. The molecular weight excluding hydrogens is 208 g/mol. The third-order valence-corrected chi connectivity index (χ3v) is 2.11. The van der Waals surface area contributed by atoms with E-state index in [-0.39, 0.29) is 10.6 Å². The Morgan fingerprint density at radius 1 is 1.67 bits per heavy atom. The highest BCUT2D eigenvalue weighted by Crippen LogP contribution is 2.37. The third kappa shape index (κ3) is 2.11. The number of thiophene rings is 1. The molecule has 0 amide bonds. The van der Waals surface area contributed by atoms with Crippen molar-refractivity contribution >= 4 is 34.0 Å². The number of nitrogens with zero attached hydrogens (tertiary/aromatic N) is 1. The lowest BCUT2D eigenvalue weighted by molar-refractivity contribution is 0.0957. The van der Waals surface area contributed by atoms with Crippen LogP contribution in [0, 0.1) is 0 Å². The van der Waals surface area contributed by atoms with Crippen molar-refractivity contribution in [2.24, 2.45) is 4.99 Å². The second kappa shape index (κ2) is 3.31. The Bertz CT molecular complexity index is 327. The number of isocyanates is 1. The van der Waals surface area contributed by atoms with Crippen LogP contribution in [0.15, 0.2) is 16.4 Å². The van der Waals surface area contributed by atoms with Crippen molar-refractivity contribution in [2.75, 3.05) is 0 Å². The van der Waals surface area contributed by atoms with E-state index < -0.39 is 5.38 Å². The normalized spacial score (nSPS) is 10.9. The second-order valence-corrected chi connectivity index (χ2v) is 3.24. The Morgan fingerprint density at radius 3 is 2.75 bits per heavy atom. The number of hydrogen-bond acceptors (Lipinski definition) is 3. The minimum absolute atomic E-state index is 0.167. The van der Waals surface area contributed by atoms with Gasteiger partial charge in [0, 0.05) is 5.38 Å². The minimum Gasteiger partial charge on any atom is -0.211 e. The zero-order valence-corrected chi connectivity index (χ0v) is 7.12. The lowest BCUT2D eigenvalue weighted by atomic mass is 10.3. The molecule has 0 saturated heterocycles. The summed E-state index contributed by atoms with van der Waals surface area (Å²) in [5, 5.41) is -2.09. The average Bonchev–Trinajstić information content (AvgIpc) is 2.35. The molecule has 0 N–H and O–H groups in total. The lowest BCUT2D eigenvalue weighted by Crippen LogP contribution is -1.99. The Balaban J connectivity index is 2.99. The minimum atomic E-state index is -3.40. The van der Waals surface area contributed by atoms with E-state index in [1.807, 2.05) is 0 Å². The molecule has 1 aromatic heterocycles. The van der Waals surface area contributed by atoms with Crippen LogP contribution in [0.1, 0.15) is 5.56 Å². The number of carbonyl (C=O) groups excluding carboxylic acids is 1. The third-order valence-electron chi connectivity index (χ3n) is 1.07. The summed E-state index contributed by atoms with van der Waals surface area (Å²) in [5.74, 6) is 0. The first kappa shape index (κ1) is 9.32. The maximum atomic E-state index is 12.3. The molecule has 64 valence electrons. The molecule has 0 unspecified atom stereocenters. The first-order valence-electron chi connectivity index (χ1n) is 2.77. The number of halogens is 3. The molecule has 0 aliphatic heterocycles. The molecule has 0 aliphatic carbocycles. The maximum Gasteiger partial charge on any atom is 0.349 e. The van der Waals surface area contributed by atoms with Gasteiger partial charge in [0.15, 0.2) is 0 Å². The quantitative estimate of drug-likeness (QED) is 0.418. The number of aliphatic imine (C=N–C) groups is 1. The van der Waals surface area contributed by atoms with Crippen LogP contribution in [0.5, 0.6) is 0 Å². The molecule has 0 spiro atoms. The smallest absolute Gasteiger partial charge is 0.211 e. The second-order valence-electron chi connectivity index (χ2n) is 1.87. The first-order chi connectivity index (χ1) is 5.54. The fourth-order valence-electron chi connectivity index (χ4n) is 0.577. The molecule has 0 aromatic carbocycles. The van der Waals surface area contributed by atoms with Crippen molar-refractivity contribution in [2.45, 2.75) is 5.38 Å².